The second kappa shape index (κ2) is 6.77. The predicted octanol–water partition coefficient (Wildman–Crippen LogP) is 3.46. The SMILES string of the molecule is CCNC(=O)c1ccc(NC2CCCc3ccc(F)cc32)nc1. The lowest BCUT2D eigenvalue weighted by Crippen LogP contribution is -2.23. The molecule has 0 radical (unpaired) electrons. The number of carbonyl (C=O) groups is 1. The van der Waals surface area contributed by atoms with E-state index >= 15 is 0 Å². The fourth-order valence-corrected chi connectivity index (χ4v) is 2.97. The molecular formula is C18H20FN3O. The summed E-state index contributed by atoms with van der Waals surface area (Å²) in [6.45, 7) is 2.46. The number of aryl methyl sites for hydroxylation is 1. The fraction of sp³-hybridized carbons (Fsp3) is 0.333. The first-order valence-corrected chi connectivity index (χ1v) is 7.96. The number of fused-ring (bicyclic) bond motifs is 1. The Labute approximate surface area is 135 Å². The smallest absolute Gasteiger partial charge is 0.252 e. The van der Waals surface area contributed by atoms with E-state index in [0.29, 0.717) is 17.9 Å². The van der Waals surface area contributed by atoms with E-state index in [-0.39, 0.29) is 17.8 Å². The zero-order valence-corrected chi connectivity index (χ0v) is 13.1. The molecule has 0 saturated heterocycles. The number of nitrogens with zero attached hydrogens (tertiary/aromatic N) is 1. The number of amides is 1. The summed E-state index contributed by atoms with van der Waals surface area (Å²) >= 11 is 0. The van der Waals surface area contributed by atoms with Gasteiger partial charge in [0.25, 0.3) is 5.91 Å². The van der Waals surface area contributed by atoms with Crippen LogP contribution in [0.15, 0.2) is 36.5 Å². The van der Waals surface area contributed by atoms with Gasteiger partial charge in [0.2, 0.25) is 0 Å². The van der Waals surface area contributed by atoms with E-state index < -0.39 is 0 Å². The summed E-state index contributed by atoms with van der Waals surface area (Å²) in [7, 11) is 0. The van der Waals surface area contributed by atoms with Gasteiger partial charge in [0, 0.05) is 12.7 Å². The van der Waals surface area contributed by atoms with Crippen molar-refractivity contribution in [2.24, 2.45) is 0 Å². The van der Waals surface area contributed by atoms with Gasteiger partial charge >= 0.3 is 0 Å². The van der Waals surface area contributed by atoms with E-state index in [1.54, 1.807) is 24.4 Å². The highest BCUT2D eigenvalue weighted by atomic mass is 19.1. The van der Waals surface area contributed by atoms with Crippen LogP contribution in [0.2, 0.25) is 0 Å². The predicted molar refractivity (Wildman–Crippen MR) is 87.9 cm³/mol. The maximum Gasteiger partial charge on any atom is 0.252 e. The number of rotatable bonds is 4. The van der Waals surface area contributed by atoms with Crippen LogP contribution >= 0.6 is 0 Å². The molecule has 1 aromatic heterocycles. The van der Waals surface area contributed by atoms with Crippen molar-refractivity contribution in [2.45, 2.75) is 32.2 Å². The molecule has 23 heavy (non-hydrogen) atoms. The van der Waals surface area contributed by atoms with Gasteiger partial charge in [-0.3, -0.25) is 4.79 Å². The van der Waals surface area contributed by atoms with Gasteiger partial charge < -0.3 is 10.6 Å². The van der Waals surface area contributed by atoms with Crippen molar-refractivity contribution in [3.8, 4) is 0 Å². The van der Waals surface area contributed by atoms with Gasteiger partial charge in [0.05, 0.1) is 11.6 Å². The molecule has 0 bridgehead atoms. The summed E-state index contributed by atoms with van der Waals surface area (Å²) in [5, 5.41) is 6.09. The molecule has 1 heterocycles. The molecule has 1 unspecified atom stereocenters. The summed E-state index contributed by atoms with van der Waals surface area (Å²) < 4.78 is 13.5. The highest BCUT2D eigenvalue weighted by molar-refractivity contribution is 5.93. The lowest BCUT2D eigenvalue weighted by molar-refractivity contribution is 0.0955. The van der Waals surface area contributed by atoms with Crippen LogP contribution in [-0.4, -0.2) is 17.4 Å². The Hall–Kier alpha value is -2.43. The summed E-state index contributed by atoms with van der Waals surface area (Å²) in [5.74, 6) is 0.355. The minimum Gasteiger partial charge on any atom is -0.363 e. The van der Waals surface area contributed by atoms with Crippen LogP contribution in [0, 0.1) is 5.82 Å². The second-order valence-corrected chi connectivity index (χ2v) is 5.72. The van der Waals surface area contributed by atoms with Gasteiger partial charge in [-0.1, -0.05) is 6.07 Å². The topological polar surface area (TPSA) is 54.0 Å². The maximum absolute atomic E-state index is 13.5. The van der Waals surface area contributed by atoms with Crippen LogP contribution in [0.3, 0.4) is 0 Å². The molecule has 0 aliphatic heterocycles. The molecule has 1 atom stereocenters. The van der Waals surface area contributed by atoms with Crippen molar-refractivity contribution in [1.82, 2.24) is 10.3 Å². The van der Waals surface area contributed by atoms with E-state index in [2.05, 4.69) is 15.6 Å². The van der Waals surface area contributed by atoms with Crippen LogP contribution in [-0.2, 0) is 6.42 Å². The minimum atomic E-state index is -0.211. The highest BCUT2D eigenvalue weighted by Crippen LogP contribution is 2.32. The zero-order valence-electron chi connectivity index (χ0n) is 13.1. The average molecular weight is 313 g/mol. The van der Waals surface area contributed by atoms with Crippen LogP contribution in [0.1, 0.15) is 47.3 Å². The molecule has 4 nitrogen and oxygen atoms in total. The second-order valence-electron chi connectivity index (χ2n) is 5.72. The van der Waals surface area contributed by atoms with Gasteiger partial charge in [-0.05, 0) is 61.6 Å². The summed E-state index contributed by atoms with van der Waals surface area (Å²) in [4.78, 5) is 16.0. The van der Waals surface area contributed by atoms with E-state index in [4.69, 9.17) is 0 Å². The van der Waals surface area contributed by atoms with Crippen molar-refractivity contribution < 1.29 is 9.18 Å². The Morgan fingerprint density at radius 3 is 2.96 bits per heavy atom. The van der Waals surface area contributed by atoms with Crippen LogP contribution < -0.4 is 10.6 Å². The molecule has 1 aliphatic carbocycles. The van der Waals surface area contributed by atoms with Crippen molar-refractivity contribution in [3.05, 3.63) is 59.0 Å². The first-order chi connectivity index (χ1) is 11.2. The number of halogens is 1. The Morgan fingerprint density at radius 1 is 1.35 bits per heavy atom. The Kier molecular flexibility index (Phi) is 4.55. The van der Waals surface area contributed by atoms with Crippen LogP contribution in [0.4, 0.5) is 10.2 Å². The molecule has 1 aromatic carbocycles. The van der Waals surface area contributed by atoms with Gasteiger partial charge in [-0.15, -0.1) is 0 Å². The molecule has 0 fully saturated rings. The van der Waals surface area contributed by atoms with Gasteiger partial charge in [0.1, 0.15) is 11.6 Å². The third kappa shape index (κ3) is 3.50. The van der Waals surface area contributed by atoms with Crippen molar-refractivity contribution in [1.29, 1.82) is 0 Å². The van der Waals surface area contributed by atoms with E-state index in [1.165, 1.54) is 11.6 Å². The molecule has 3 rings (SSSR count). The maximum atomic E-state index is 13.5. The minimum absolute atomic E-state index is 0.0530. The van der Waals surface area contributed by atoms with Crippen molar-refractivity contribution in [3.63, 3.8) is 0 Å². The molecule has 1 aliphatic rings. The Bertz CT molecular complexity index is 700. The van der Waals surface area contributed by atoms with Crippen LogP contribution in [0.5, 0.6) is 0 Å². The summed E-state index contributed by atoms with van der Waals surface area (Å²) in [6.07, 6.45) is 4.55. The summed E-state index contributed by atoms with van der Waals surface area (Å²) in [6, 6.07) is 8.57. The number of aromatic nitrogens is 1. The van der Waals surface area contributed by atoms with Crippen molar-refractivity contribution >= 4 is 11.7 Å². The molecule has 120 valence electrons. The number of nitrogens with one attached hydrogen (secondary N) is 2. The van der Waals surface area contributed by atoms with Crippen LogP contribution in [0.25, 0.3) is 0 Å². The first-order valence-electron chi connectivity index (χ1n) is 7.96. The first kappa shape index (κ1) is 15.5. The molecule has 5 heteroatoms. The number of hydrogen-bond acceptors (Lipinski definition) is 3. The third-order valence-corrected chi connectivity index (χ3v) is 4.11. The number of anilines is 1. The summed E-state index contributed by atoms with van der Waals surface area (Å²) in [5.41, 5.74) is 2.73. The fourth-order valence-electron chi connectivity index (χ4n) is 2.97. The monoisotopic (exact) mass is 313 g/mol. The number of benzene rings is 1. The van der Waals surface area contributed by atoms with Gasteiger partial charge in [-0.2, -0.15) is 0 Å². The van der Waals surface area contributed by atoms with E-state index in [0.717, 1.165) is 24.8 Å². The van der Waals surface area contributed by atoms with Gasteiger partial charge in [0.15, 0.2) is 0 Å². The quantitative estimate of drug-likeness (QED) is 0.909. The standard InChI is InChI=1S/C18H20FN3O/c1-2-20-18(23)13-7-9-17(21-11-13)22-16-5-3-4-12-6-8-14(19)10-15(12)16/h6-11,16H,2-5H2,1H3,(H,20,23)(H,21,22). The number of pyridine rings is 1. The van der Waals surface area contributed by atoms with Crippen molar-refractivity contribution in [2.75, 3.05) is 11.9 Å². The number of carbonyl (C=O) groups excluding carboxylic acids is 1. The molecule has 2 aromatic rings. The molecular weight excluding hydrogens is 293 g/mol. The normalized spacial score (nSPS) is 16.5. The largest absolute Gasteiger partial charge is 0.363 e. The van der Waals surface area contributed by atoms with E-state index in [1.807, 2.05) is 13.0 Å². The van der Waals surface area contributed by atoms with Gasteiger partial charge in [-0.25, -0.2) is 9.37 Å². The highest BCUT2D eigenvalue weighted by Gasteiger charge is 2.21. The van der Waals surface area contributed by atoms with E-state index in [9.17, 15) is 9.18 Å². The third-order valence-electron chi connectivity index (χ3n) is 4.11. The molecule has 0 spiro atoms. The molecule has 1 amide bonds. The number of hydrogen-bond donors (Lipinski definition) is 2. The lowest BCUT2D eigenvalue weighted by Gasteiger charge is -2.27. The Balaban J connectivity index is 1.76. The average Bonchev–Trinajstić information content (AvgIpc) is 2.56. The Morgan fingerprint density at radius 2 is 2.22 bits per heavy atom. The lowest BCUT2D eigenvalue weighted by atomic mass is 9.87. The zero-order chi connectivity index (χ0) is 16.2. The molecule has 0 saturated carbocycles. The molecule has 2 N–H and O–H groups in total.